The highest BCUT2D eigenvalue weighted by molar-refractivity contribution is 7.89. The summed E-state index contributed by atoms with van der Waals surface area (Å²) >= 11 is 0. The molecule has 3 rings (SSSR count). The maximum absolute atomic E-state index is 13.0. The number of nitrogens with zero attached hydrogens (tertiary/aromatic N) is 2. The van der Waals surface area contributed by atoms with Crippen molar-refractivity contribution in [3.8, 4) is 11.5 Å². The minimum atomic E-state index is -4.87. The number of carbonyl (C=O) groups is 1. The molecular weight excluding hydrogens is 449 g/mol. The van der Waals surface area contributed by atoms with Gasteiger partial charge in [0.15, 0.2) is 0 Å². The summed E-state index contributed by atoms with van der Waals surface area (Å²) in [7, 11) is -1.11. The standard InChI is InChI=1S/C21H23F3N2O5S/c1-25(14-16-7-3-4-8-17(16)31-21(22,23)24)20(27)15-9-10-18(30-2)19(13-15)32(28,29)26-11-5-6-12-26/h3-4,7-10,13H,5-6,11-12,14H2,1-2H3. The number of carbonyl (C=O) groups excluding carboxylic acids is 1. The number of hydrogen-bond donors (Lipinski definition) is 0. The Morgan fingerprint density at radius 2 is 1.75 bits per heavy atom. The van der Waals surface area contributed by atoms with Crippen LogP contribution >= 0.6 is 0 Å². The second-order valence-electron chi connectivity index (χ2n) is 7.29. The Morgan fingerprint density at radius 3 is 2.38 bits per heavy atom. The van der Waals surface area contributed by atoms with Crippen LogP contribution in [0.15, 0.2) is 47.4 Å². The van der Waals surface area contributed by atoms with Crippen LogP contribution < -0.4 is 9.47 Å². The van der Waals surface area contributed by atoms with Gasteiger partial charge in [0, 0.05) is 37.8 Å². The molecule has 0 saturated carbocycles. The van der Waals surface area contributed by atoms with Gasteiger partial charge in [0.1, 0.15) is 16.4 Å². The van der Waals surface area contributed by atoms with E-state index in [1.54, 1.807) is 0 Å². The molecule has 0 radical (unpaired) electrons. The van der Waals surface area contributed by atoms with E-state index >= 15 is 0 Å². The van der Waals surface area contributed by atoms with Crippen LogP contribution in [0.1, 0.15) is 28.8 Å². The van der Waals surface area contributed by atoms with Gasteiger partial charge in [0.05, 0.1) is 7.11 Å². The monoisotopic (exact) mass is 472 g/mol. The zero-order valence-electron chi connectivity index (χ0n) is 17.6. The molecule has 1 fully saturated rings. The Kier molecular flexibility index (Phi) is 6.99. The average Bonchev–Trinajstić information content (AvgIpc) is 3.29. The van der Waals surface area contributed by atoms with Crippen LogP contribution in [0.4, 0.5) is 13.2 Å². The second kappa shape index (κ2) is 9.37. The molecule has 32 heavy (non-hydrogen) atoms. The smallest absolute Gasteiger partial charge is 0.495 e. The van der Waals surface area contributed by atoms with Crippen molar-refractivity contribution in [3.63, 3.8) is 0 Å². The third-order valence-electron chi connectivity index (χ3n) is 5.05. The number of amides is 1. The normalized spacial score (nSPS) is 14.9. The molecule has 2 aromatic carbocycles. The van der Waals surface area contributed by atoms with Crippen LogP contribution in [0.5, 0.6) is 11.5 Å². The maximum atomic E-state index is 13.0. The van der Waals surface area contributed by atoms with Crippen molar-refractivity contribution in [1.29, 1.82) is 0 Å². The summed E-state index contributed by atoms with van der Waals surface area (Å²) in [6, 6.07) is 9.56. The number of hydrogen-bond acceptors (Lipinski definition) is 5. The molecule has 1 aliphatic rings. The fourth-order valence-corrected chi connectivity index (χ4v) is 5.18. The van der Waals surface area contributed by atoms with Gasteiger partial charge < -0.3 is 14.4 Å². The summed E-state index contributed by atoms with van der Waals surface area (Å²) in [6.45, 7) is 0.602. The molecule has 0 spiro atoms. The molecule has 174 valence electrons. The van der Waals surface area contributed by atoms with Gasteiger partial charge in [0.2, 0.25) is 10.0 Å². The summed E-state index contributed by atoms with van der Waals surface area (Å²) in [5, 5.41) is 0. The van der Waals surface area contributed by atoms with Gasteiger partial charge in [-0.2, -0.15) is 4.31 Å². The van der Waals surface area contributed by atoms with E-state index in [1.165, 1.54) is 59.8 Å². The largest absolute Gasteiger partial charge is 0.573 e. The van der Waals surface area contributed by atoms with Gasteiger partial charge in [-0.25, -0.2) is 8.42 Å². The number of para-hydroxylation sites is 1. The molecule has 2 aromatic rings. The van der Waals surface area contributed by atoms with Crippen LogP contribution in [-0.4, -0.2) is 57.1 Å². The van der Waals surface area contributed by atoms with Crippen LogP contribution in [0.3, 0.4) is 0 Å². The van der Waals surface area contributed by atoms with Crippen molar-refractivity contribution in [3.05, 3.63) is 53.6 Å². The van der Waals surface area contributed by atoms with E-state index in [0.717, 1.165) is 18.9 Å². The fraction of sp³-hybridized carbons (Fsp3) is 0.381. The highest BCUT2D eigenvalue weighted by atomic mass is 32.2. The number of halogens is 3. The van der Waals surface area contributed by atoms with Crippen LogP contribution in [0, 0.1) is 0 Å². The van der Waals surface area contributed by atoms with Crippen molar-refractivity contribution in [2.45, 2.75) is 30.6 Å². The molecule has 0 unspecified atom stereocenters. The van der Waals surface area contributed by atoms with E-state index in [4.69, 9.17) is 4.74 Å². The van der Waals surface area contributed by atoms with Crippen molar-refractivity contribution < 1.29 is 35.9 Å². The van der Waals surface area contributed by atoms with Crippen LogP contribution in [0.2, 0.25) is 0 Å². The maximum Gasteiger partial charge on any atom is 0.573 e. The van der Waals surface area contributed by atoms with E-state index in [9.17, 15) is 26.4 Å². The van der Waals surface area contributed by atoms with Crippen molar-refractivity contribution in [2.75, 3.05) is 27.2 Å². The molecule has 0 bridgehead atoms. The minimum Gasteiger partial charge on any atom is -0.495 e. The lowest BCUT2D eigenvalue weighted by Gasteiger charge is -2.21. The minimum absolute atomic E-state index is 0.0697. The Bertz CT molecular complexity index is 1080. The number of sulfonamides is 1. The number of ether oxygens (including phenoxy) is 2. The number of alkyl halides is 3. The van der Waals surface area contributed by atoms with Crippen LogP contribution in [0.25, 0.3) is 0 Å². The van der Waals surface area contributed by atoms with E-state index < -0.39 is 28.0 Å². The molecule has 1 saturated heterocycles. The Labute approximate surface area is 184 Å². The summed E-state index contributed by atoms with van der Waals surface area (Å²) in [5.41, 5.74) is 0.222. The predicted octanol–water partition coefficient (Wildman–Crippen LogP) is 3.65. The van der Waals surface area contributed by atoms with E-state index in [1.807, 2.05) is 0 Å². The van der Waals surface area contributed by atoms with Crippen molar-refractivity contribution in [1.82, 2.24) is 9.21 Å². The van der Waals surface area contributed by atoms with E-state index in [0.29, 0.717) is 13.1 Å². The first kappa shape index (κ1) is 23.9. The van der Waals surface area contributed by atoms with Crippen molar-refractivity contribution >= 4 is 15.9 Å². The Balaban J connectivity index is 1.87. The van der Waals surface area contributed by atoms with E-state index in [-0.39, 0.29) is 28.3 Å². The van der Waals surface area contributed by atoms with E-state index in [2.05, 4.69) is 4.74 Å². The first-order valence-electron chi connectivity index (χ1n) is 9.80. The molecule has 1 heterocycles. The summed E-state index contributed by atoms with van der Waals surface area (Å²) in [4.78, 5) is 14.0. The first-order valence-corrected chi connectivity index (χ1v) is 11.2. The predicted molar refractivity (Wildman–Crippen MR) is 110 cm³/mol. The zero-order valence-corrected chi connectivity index (χ0v) is 18.4. The SMILES string of the molecule is COc1ccc(C(=O)N(C)Cc2ccccc2OC(F)(F)F)cc1S(=O)(=O)N1CCCC1. The Hall–Kier alpha value is -2.79. The summed E-state index contributed by atoms with van der Waals surface area (Å²) in [6.07, 6.45) is -3.36. The molecule has 7 nitrogen and oxygen atoms in total. The number of methoxy groups -OCH3 is 1. The lowest BCUT2D eigenvalue weighted by atomic mass is 10.1. The average molecular weight is 472 g/mol. The number of rotatable bonds is 7. The summed E-state index contributed by atoms with van der Waals surface area (Å²) < 4.78 is 74.6. The molecule has 1 amide bonds. The van der Waals surface area contributed by atoms with Gasteiger partial charge in [-0.1, -0.05) is 18.2 Å². The molecule has 0 aliphatic carbocycles. The highest BCUT2D eigenvalue weighted by Crippen LogP contribution is 2.31. The van der Waals surface area contributed by atoms with Crippen LogP contribution in [-0.2, 0) is 16.6 Å². The van der Waals surface area contributed by atoms with Gasteiger partial charge in [-0.05, 0) is 37.1 Å². The topological polar surface area (TPSA) is 76.1 Å². The third-order valence-corrected chi connectivity index (χ3v) is 6.97. The zero-order chi connectivity index (χ0) is 23.5. The lowest BCUT2D eigenvalue weighted by Crippen LogP contribution is -2.29. The molecule has 1 aliphatic heterocycles. The molecule has 0 N–H and O–H groups in total. The first-order chi connectivity index (χ1) is 15.0. The van der Waals surface area contributed by atoms with Crippen molar-refractivity contribution in [2.24, 2.45) is 0 Å². The molecule has 0 aromatic heterocycles. The quantitative estimate of drug-likeness (QED) is 0.615. The highest BCUT2D eigenvalue weighted by Gasteiger charge is 2.33. The number of benzene rings is 2. The molecule has 0 atom stereocenters. The third kappa shape index (κ3) is 5.33. The van der Waals surface area contributed by atoms with Gasteiger partial charge in [0.25, 0.3) is 5.91 Å². The fourth-order valence-electron chi connectivity index (χ4n) is 3.49. The lowest BCUT2D eigenvalue weighted by molar-refractivity contribution is -0.275. The summed E-state index contributed by atoms with van der Waals surface area (Å²) in [5.74, 6) is -0.862. The molecule has 11 heteroatoms. The van der Waals surface area contributed by atoms with Gasteiger partial charge in [-0.15, -0.1) is 13.2 Å². The second-order valence-corrected chi connectivity index (χ2v) is 9.20. The Morgan fingerprint density at radius 1 is 1.09 bits per heavy atom. The van der Waals surface area contributed by atoms with Gasteiger partial charge >= 0.3 is 6.36 Å². The molecular formula is C21H23F3N2O5S. The van der Waals surface area contributed by atoms with Gasteiger partial charge in [-0.3, -0.25) is 4.79 Å².